The largest absolute Gasteiger partial charge is 0.445 e. The average molecular weight is 490 g/mol. The van der Waals surface area contributed by atoms with Crippen LogP contribution >= 0.6 is 19.2 Å². The van der Waals surface area contributed by atoms with Crippen LogP contribution < -0.4 is 5.32 Å². The van der Waals surface area contributed by atoms with Crippen LogP contribution in [0.1, 0.15) is 11.1 Å². The van der Waals surface area contributed by atoms with Crippen LogP contribution in [0.15, 0.2) is 48.5 Å². The van der Waals surface area contributed by atoms with Gasteiger partial charge in [-0.1, -0.05) is 47.9 Å². The zero-order valence-electron chi connectivity index (χ0n) is 16.2. The highest BCUT2D eigenvalue weighted by Gasteiger charge is 2.62. The Morgan fingerprint density at radius 3 is 2.62 bits per heavy atom. The Labute approximate surface area is 186 Å². The van der Waals surface area contributed by atoms with E-state index >= 15 is 0 Å². The molecule has 0 aliphatic carbocycles. The van der Waals surface area contributed by atoms with E-state index in [0.29, 0.717) is 5.56 Å². The lowest BCUT2D eigenvalue weighted by Crippen LogP contribution is -2.49. The number of carbonyl (C=O) groups is 1. The molecule has 1 aliphatic rings. The normalized spacial score (nSPS) is 19.6. The van der Waals surface area contributed by atoms with E-state index in [1.807, 2.05) is 5.92 Å². The van der Waals surface area contributed by atoms with Crippen LogP contribution in [0.2, 0.25) is 5.02 Å². The summed E-state index contributed by atoms with van der Waals surface area (Å²) < 4.78 is 68.2. The van der Waals surface area contributed by atoms with E-state index in [-0.39, 0.29) is 17.3 Å². The molecule has 12 heteroatoms. The Morgan fingerprint density at radius 2 is 1.94 bits per heavy atom. The third-order valence-corrected chi connectivity index (χ3v) is 5.49. The van der Waals surface area contributed by atoms with Crippen molar-refractivity contribution in [1.29, 1.82) is 0 Å². The molecule has 0 saturated carbocycles. The van der Waals surface area contributed by atoms with E-state index in [1.165, 1.54) is 12.1 Å². The molecule has 2 aromatic carbocycles. The van der Waals surface area contributed by atoms with Gasteiger partial charge in [0.15, 0.2) is 0 Å². The molecular weight excluding hydrogens is 474 g/mol. The topological polar surface area (TPSA) is 94.1 Å². The van der Waals surface area contributed by atoms with E-state index in [0.717, 1.165) is 6.07 Å². The fraction of sp³-hybridized carbons (Fsp3) is 0.250. The van der Waals surface area contributed by atoms with Gasteiger partial charge in [-0.05, 0) is 29.7 Å². The molecule has 0 saturated heterocycles. The fourth-order valence-corrected chi connectivity index (χ4v) is 3.70. The standard InChI is InChI=1S/C20H16ClF3NO6P/c21-15-7-8-17-16(11-15)19(20(22,23)24,31-18(26)25-17)9-4-10-29-13-32(27,28)30-12-14-5-2-1-3-6-14/h1-3,5-8,11H,10,12-13H2,(H,25,26)(H,27,28)/t19-/m0/s1. The molecule has 1 amide bonds. The zero-order valence-corrected chi connectivity index (χ0v) is 17.8. The molecule has 2 aromatic rings. The number of rotatable bonds is 6. The molecule has 3 rings (SSSR count). The lowest BCUT2D eigenvalue weighted by Gasteiger charge is -2.35. The number of hydrogen-bond acceptors (Lipinski definition) is 5. The molecule has 0 radical (unpaired) electrons. The summed E-state index contributed by atoms with van der Waals surface area (Å²) in [7, 11) is -4.17. The van der Waals surface area contributed by atoms with E-state index < -0.39 is 44.0 Å². The number of ether oxygens (including phenoxy) is 2. The van der Waals surface area contributed by atoms with Crippen molar-refractivity contribution < 1.29 is 41.4 Å². The van der Waals surface area contributed by atoms with E-state index in [9.17, 15) is 27.4 Å². The minimum atomic E-state index is -5.11. The maximum absolute atomic E-state index is 13.9. The van der Waals surface area contributed by atoms with Crippen molar-refractivity contribution in [3.8, 4) is 11.8 Å². The SMILES string of the molecule is O=C1Nc2ccc(Cl)cc2[C@@](C#CCOCP(=O)(O)OCc2ccccc2)(C(F)(F)F)O1. The van der Waals surface area contributed by atoms with Crippen molar-refractivity contribution in [3.05, 3.63) is 64.7 Å². The number of amides is 1. The number of fused-ring (bicyclic) bond motifs is 1. The number of carbonyl (C=O) groups excluding carboxylic acids is 1. The Kier molecular flexibility index (Phi) is 7.18. The predicted molar refractivity (Wildman–Crippen MR) is 109 cm³/mol. The van der Waals surface area contributed by atoms with Crippen LogP contribution in [0.3, 0.4) is 0 Å². The van der Waals surface area contributed by atoms with E-state index in [4.69, 9.17) is 20.9 Å². The first-order chi connectivity index (χ1) is 15.0. The van der Waals surface area contributed by atoms with Gasteiger partial charge in [-0.15, -0.1) is 0 Å². The highest BCUT2D eigenvalue weighted by molar-refractivity contribution is 7.52. The molecule has 2 atom stereocenters. The van der Waals surface area contributed by atoms with Crippen molar-refractivity contribution in [2.45, 2.75) is 18.4 Å². The molecule has 32 heavy (non-hydrogen) atoms. The quantitative estimate of drug-likeness (QED) is 0.335. The number of hydrogen-bond donors (Lipinski definition) is 2. The van der Waals surface area contributed by atoms with Gasteiger partial charge in [0.1, 0.15) is 13.0 Å². The van der Waals surface area contributed by atoms with E-state index in [2.05, 4.69) is 16.0 Å². The van der Waals surface area contributed by atoms with Gasteiger partial charge in [0.05, 0.1) is 12.3 Å². The number of anilines is 1. The Balaban J connectivity index is 1.70. The van der Waals surface area contributed by atoms with Gasteiger partial charge in [0.25, 0.3) is 5.60 Å². The Bertz CT molecular complexity index is 1100. The molecule has 0 fully saturated rings. The zero-order chi connectivity index (χ0) is 23.4. The van der Waals surface area contributed by atoms with Crippen molar-refractivity contribution in [3.63, 3.8) is 0 Å². The summed E-state index contributed by atoms with van der Waals surface area (Å²) >= 11 is 5.82. The lowest BCUT2D eigenvalue weighted by atomic mass is 9.90. The van der Waals surface area contributed by atoms with Crippen molar-refractivity contribution in [1.82, 2.24) is 0 Å². The van der Waals surface area contributed by atoms with Crippen LogP contribution in [-0.2, 0) is 30.8 Å². The van der Waals surface area contributed by atoms with Crippen molar-refractivity contribution in [2.24, 2.45) is 0 Å². The first kappa shape index (κ1) is 24.1. The average Bonchev–Trinajstić information content (AvgIpc) is 2.72. The Hall–Kier alpha value is -2.54. The van der Waals surface area contributed by atoms with Crippen LogP contribution in [0.5, 0.6) is 0 Å². The first-order valence-electron chi connectivity index (χ1n) is 8.97. The molecule has 170 valence electrons. The number of alkyl halides is 3. The molecule has 0 bridgehead atoms. The second-order valence-corrected chi connectivity index (χ2v) is 8.79. The molecule has 0 aromatic heterocycles. The molecule has 7 nitrogen and oxygen atoms in total. The van der Waals surface area contributed by atoms with Gasteiger partial charge < -0.3 is 18.9 Å². The molecule has 2 N–H and O–H groups in total. The molecule has 1 unspecified atom stereocenters. The third kappa shape index (κ3) is 5.63. The molecule has 0 spiro atoms. The highest BCUT2D eigenvalue weighted by Crippen LogP contribution is 2.48. The summed E-state index contributed by atoms with van der Waals surface area (Å²) in [6, 6.07) is 12.1. The van der Waals surface area contributed by atoms with Gasteiger partial charge in [-0.3, -0.25) is 9.88 Å². The summed E-state index contributed by atoms with van der Waals surface area (Å²) in [5.74, 6) is 3.98. The minimum Gasteiger partial charge on any atom is -0.415 e. The smallest absolute Gasteiger partial charge is 0.415 e. The number of cyclic esters (lactones) is 1. The lowest BCUT2D eigenvalue weighted by molar-refractivity contribution is -0.239. The maximum Gasteiger partial charge on any atom is 0.445 e. The van der Waals surface area contributed by atoms with Gasteiger partial charge in [-0.25, -0.2) is 4.79 Å². The van der Waals surface area contributed by atoms with Crippen molar-refractivity contribution >= 4 is 31.0 Å². The van der Waals surface area contributed by atoms with Crippen LogP contribution in [0.25, 0.3) is 0 Å². The van der Waals surface area contributed by atoms with Gasteiger partial charge in [0.2, 0.25) is 0 Å². The molecular formula is C20H16ClF3NO6P. The second kappa shape index (κ2) is 9.53. The van der Waals surface area contributed by atoms with Gasteiger partial charge in [0, 0.05) is 10.6 Å². The Morgan fingerprint density at radius 1 is 1.22 bits per heavy atom. The predicted octanol–water partition coefficient (Wildman–Crippen LogP) is 5.04. The minimum absolute atomic E-state index is 0.0213. The summed E-state index contributed by atoms with van der Waals surface area (Å²) in [6.45, 7) is -0.806. The summed E-state index contributed by atoms with van der Waals surface area (Å²) in [5.41, 5.74) is -3.29. The van der Waals surface area contributed by atoms with Crippen LogP contribution in [-0.4, -0.2) is 30.1 Å². The fourth-order valence-electron chi connectivity index (χ4n) is 2.78. The monoisotopic (exact) mass is 489 g/mol. The van der Waals surface area contributed by atoms with Gasteiger partial charge >= 0.3 is 19.9 Å². The van der Waals surface area contributed by atoms with Crippen molar-refractivity contribution in [2.75, 3.05) is 18.3 Å². The summed E-state index contributed by atoms with van der Waals surface area (Å²) in [6.07, 6.45) is -7.25. The number of nitrogens with one attached hydrogen (secondary N) is 1. The number of benzene rings is 2. The maximum atomic E-state index is 13.9. The van der Waals surface area contributed by atoms with Gasteiger partial charge in [-0.2, -0.15) is 13.2 Å². The van der Waals surface area contributed by atoms with Crippen LogP contribution in [0, 0.1) is 11.8 Å². The van der Waals surface area contributed by atoms with E-state index in [1.54, 1.807) is 30.3 Å². The molecule has 1 aliphatic heterocycles. The summed E-state index contributed by atoms with van der Waals surface area (Å²) in [5, 5.41) is 2.14. The van der Waals surface area contributed by atoms with Crippen LogP contribution in [0.4, 0.5) is 23.7 Å². The third-order valence-electron chi connectivity index (χ3n) is 4.21. The summed E-state index contributed by atoms with van der Waals surface area (Å²) in [4.78, 5) is 21.5. The highest BCUT2D eigenvalue weighted by atomic mass is 35.5. The second-order valence-electron chi connectivity index (χ2n) is 6.56. The molecule has 1 heterocycles. The first-order valence-corrected chi connectivity index (χ1v) is 11.1. The number of halogens is 4.